The molecular weight excluding hydrogens is 373 g/mol. The Balaban J connectivity index is 2.33. The summed E-state index contributed by atoms with van der Waals surface area (Å²) in [6.07, 6.45) is 1.65. The van der Waals surface area contributed by atoms with E-state index in [2.05, 4.69) is 22.9 Å². The second kappa shape index (κ2) is 7.50. The van der Waals surface area contributed by atoms with Crippen LogP contribution in [-0.4, -0.2) is 6.04 Å². The van der Waals surface area contributed by atoms with Crippen molar-refractivity contribution >= 4 is 39.1 Å². The Morgan fingerprint density at radius 3 is 2.67 bits per heavy atom. The van der Waals surface area contributed by atoms with Crippen LogP contribution in [0.2, 0.25) is 10.0 Å². The molecule has 0 saturated heterocycles. The van der Waals surface area contributed by atoms with Crippen LogP contribution in [0, 0.1) is 0 Å². The zero-order valence-corrected chi connectivity index (χ0v) is 14.7. The molecule has 0 radical (unpaired) electrons. The molecule has 2 nitrogen and oxygen atoms in total. The van der Waals surface area contributed by atoms with Gasteiger partial charge in [-0.25, -0.2) is 0 Å². The second-order valence-corrected chi connectivity index (χ2v) is 6.48. The van der Waals surface area contributed by atoms with Gasteiger partial charge >= 0.3 is 0 Å². The first kappa shape index (κ1) is 16.6. The highest BCUT2D eigenvalue weighted by molar-refractivity contribution is 9.10. The quantitative estimate of drug-likeness (QED) is 0.699. The Hall–Kier alpha value is -0.740. The van der Waals surface area contributed by atoms with Crippen molar-refractivity contribution in [1.29, 1.82) is 0 Å². The third-order valence-electron chi connectivity index (χ3n) is 3.17. The number of hydrogen-bond donors (Lipinski definition) is 1. The molecule has 112 valence electrons. The van der Waals surface area contributed by atoms with E-state index in [4.69, 9.17) is 33.7 Å². The van der Waals surface area contributed by atoms with Crippen molar-refractivity contribution in [3.63, 3.8) is 0 Å². The van der Waals surface area contributed by atoms with Gasteiger partial charge in [-0.15, -0.1) is 0 Å². The van der Waals surface area contributed by atoms with Gasteiger partial charge < -0.3 is 10.5 Å². The summed E-state index contributed by atoms with van der Waals surface area (Å²) in [6.45, 7) is 2.07. The third kappa shape index (κ3) is 4.36. The van der Waals surface area contributed by atoms with Crippen LogP contribution in [0.15, 0.2) is 40.9 Å². The van der Waals surface area contributed by atoms with Crippen molar-refractivity contribution < 1.29 is 4.74 Å². The number of ether oxygens (including phenoxy) is 1. The summed E-state index contributed by atoms with van der Waals surface area (Å²) < 4.78 is 6.92. The first-order valence-electron chi connectivity index (χ1n) is 6.67. The second-order valence-electron chi connectivity index (χ2n) is 4.78. The lowest BCUT2D eigenvalue weighted by Crippen LogP contribution is -2.21. The minimum absolute atomic E-state index is 0.0940. The van der Waals surface area contributed by atoms with E-state index in [0.717, 1.165) is 28.6 Å². The molecule has 2 rings (SSSR count). The summed E-state index contributed by atoms with van der Waals surface area (Å²) in [5, 5.41) is 0.880. The SMILES string of the molecule is CCC(N)Cc1cc(Br)ccc1Oc1cccc(Cl)c1Cl. The maximum atomic E-state index is 6.17. The molecule has 0 aliphatic rings. The number of benzene rings is 2. The molecular formula is C16H16BrCl2NO. The lowest BCUT2D eigenvalue weighted by molar-refractivity contribution is 0.472. The molecule has 0 heterocycles. The number of nitrogens with two attached hydrogens (primary N) is 1. The molecule has 1 unspecified atom stereocenters. The predicted octanol–water partition coefficient (Wildman–Crippen LogP) is 5.83. The van der Waals surface area contributed by atoms with Gasteiger partial charge in [0.2, 0.25) is 0 Å². The molecule has 2 N–H and O–H groups in total. The van der Waals surface area contributed by atoms with Crippen molar-refractivity contribution in [2.45, 2.75) is 25.8 Å². The lowest BCUT2D eigenvalue weighted by Gasteiger charge is -2.15. The zero-order valence-electron chi connectivity index (χ0n) is 11.6. The van der Waals surface area contributed by atoms with Crippen molar-refractivity contribution in [2.75, 3.05) is 0 Å². The van der Waals surface area contributed by atoms with Gasteiger partial charge in [0.15, 0.2) is 0 Å². The monoisotopic (exact) mass is 387 g/mol. The minimum Gasteiger partial charge on any atom is -0.455 e. The van der Waals surface area contributed by atoms with Gasteiger partial charge in [0.1, 0.15) is 16.5 Å². The fraction of sp³-hybridized carbons (Fsp3) is 0.250. The molecule has 21 heavy (non-hydrogen) atoms. The standard InChI is InChI=1S/C16H16BrCl2NO/c1-2-12(20)9-10-8-11(17)6-7-14(10)21-15-5-3-4-13(18)16(15)19/h3-8,12H,2,9,20H2,1H3. The summed E-state index contributed by atoms with van der Waals surface area (Å²) in [5.41, 5.74) is 7.09. The van der Waals surface area contributed by atoms with Crippen molar-refractivity contribution in [3.05, 3.63) is 56.5 Å². The van der Waals surface area contributed by atoms with Gasteiger partial charge in [-0.05, 0) is 48.7 Å². The van der Waals surface area contributed by atoms with Crippen LogP contribution in [-0.2, 0) is 6.42 Å². The molecule has 0 amide bonds. The van der Waals surface area contributed by atoms with Crippen LogP contribution in [0.25, 0.3) is 0 Å². The van der Waals surface area contributed by atoms with Crippen molar-refractivity contribution in [3.8, 4) is 11.5 Å². The normalized spacial score (nSPS) is 12.2. The third-order valence-corrected chi connectivity index (χ3v) is 4.46. The van der Waals surface area contributed by atoms with Gasteiger partial charge in [0.05, 0.1) is 5.02 Å². The molecule has 0 fully saturated rings. The average molecular weight is 389 g/mol. The maximum Gasteiger partial charge on any atom is 0.147 e. The highest BCUT2D eigenvalue weighted by atomic mass is 79.9. The topological polar surface area (TPSA) is 35.2 Å². The van der Waals surface area contributed by atoms with Gasteiger partial charge in [-0.1, -0.05) is 52.1 Å². The Morgan fingerprint density at radius 1 is 1.19 bits per heavy atom. The van der Waals surface area contributed by atoms with E-state index < -0.39 is 0 Å². The first-order chi connectivity index (χ1) is 10.0. The number of rotatable bonds is 5. The molecule has 1 atom stereocenters. The van der Waals surface area contributed by atoms with Gasteiger partial charge in [0.25, 0.3) is 0 Å². The maximum absolute atomic E-state index is 6.17. The average Bonchev–Trinajstić information content (AvgIpc) is 2.46. The highest BCUT2D eigenvalue weighted by Crippen LogP contribution is 2.36. The van der Waals surface area contributed by atoms with Crippen molar-refractivity contribution in [2.24, 2.45) is 5.73 Å². The van der Waals surface area contributed by atoms with E-state index in [1.807, 2.05) is 18.2 Å². The predicted molar refractivity (Wildman–Crippen MR) is 92.6 cm³/mol. The summed E-state index contributed by atoms with van der Waals surface area (Å²) in [5.74, 6) is 1.28. The van der Waals surface area contributed by atoms with E-state index in [-0.39, 0.29) is 6.04 Å². The zero-order chi connectivity index (χ0) is 15.4. The fourth-order valence-corrected chi connectivity index (χ4v) is 2.65. The lowest BCUT2D eigenvalue weighted by atomic mass is 10.0. The Bertz CT molecular complexity index is 634. The number of halogens is 3. The fourth-order valence-electron chi connectivity index (χ4n) is 1.92. The molecule has 0 aromatic heterocycles. The smallest absolute Gasteiger partial charge is 0.147 e. The Kier molecular flexibility index (Phi) is 5.94. The summed E-state index contributed by atoms with van der Waals surface area (Å²) >= 11 is 15.7. The van der Waals surface area contributed by atoms with E-state index in [1.54, 1.807) is 18.2 Å². The van der Waals surface area contributed by atoms with Crippen LogP contribution in [0.1, 0.15) is 18.9 Å². The highest BCUT2D eigenvalue weighted by Gasteiger charge is 2.12. The summed E-state index contributed by atoms with van der Waals surface area (Å²) in [6, 6.07) is 11.3. The van der Waals surface area contributed by atoms with E-state index in [1.165, 1.54) is 0 Å². The summed E-state index contributed by atoms with van der Waals surface area (Å²) in [7, 11) is 0. The molecule has 0 bridgehead atoms. The molecule has 5 heteroatoms. The number of hydrogen-bond acceptors (Lipinski definition) is 2. The van der Waals surface area contributed by atoms with E-state index >= 15 is 0 Å². The molecule has 2 aromatic rings. The van der Waals surface area contributed by atoms with Gasteiger partial charge in [-0.2, -0.15) is 0 Å². The molecule has 0 spiro atoms. The minimum atomic E-state index is 0.0940. The van der Waals surface area contributed by atoms with Crippen LogP contribution >= 0.6 is 39.1 Å². The summed E-state index contributed by atoms with van der Waals surface area (Å²) in [4.78, 5) is 0. The van der Waals surface area contributed by atoms with E-state index in [0.29, 0.717) is 15.8 Å². The van der Waals surface area contributed by atoms with Gasteiger partial charge in [-0.3, -0.25) is 0 Å². The van der Waals surface area contributed by atoms with Crippen LogP contribution in [0.3, 0.4) is 0 Å². The van der Waals surface area contributed by atoms with Crippen molar-refractivity contribution in [1.82, 2.24) is 0 Å². The molecule has 0 saturated carbocycles. The largest absolute Gasteiger partial charge is 0.455 e. The molecule has 0 aliphatic carbocycles. The molecule has 0 aliphatic heterocycles. The Morgan fingerprint density at radius 2 is 1.95 bits per heavy atom. The Labute approximate surface area is 143 Å². The van der Waals surface area contributed by atoms with Gasteiger partial charge in [0, 0.05) is 10.5 Å². The van der Waals surface area contributed by atoms with Crippen LogP contribution < -0.4 is 10.5 Å². The van der Waals surface area contributed by atoms with Crippen LogP contribution in [0.5, 0.6) is 11.5 Å². The molecule has 2 aromatic carbocycles. The van der Waals surface area contributed by atoms with E-state index in [9.17, 15) is 0 Å². The van der Waals surface area contributed by atoms with Crippen LogP contribution in [0.4, 0.5) is 0 Å². The first-order valence-corrected chi connectivity index (χ1v) is 8.22.